The topological polar surface area (TPSA) is 67.6 Å². The fourth-order valence-corrected chi connectivity index (χ4v) is 2.87. The molecule has 0 atom stereocenters. The van der Waals surface area contributed by atoms with Gasteiger partial charge in [-0.1, -0.05) is 18.2 Å². The maximum Gasteiger partial charge on any atom is 0.311 e. The zero-order valence-electron chi connectivity index (χ0n) is 13.0. The van der Waals surface area contributed by atoms with Crippen LogP contribution in [0.3, 0.4) is 0 Å². The van der Waals surface area contributed by atoms with E-state index in [1.807, 2.05) is 18.2 Å². The maximum absolute atomic E-state index is 11.2. The molecule has 2 aromatic carbocycles. The van der Waals surface area contributed by atoms with Crippen molar-refractivity contribution < 1.29 is 9.66 Å². The molecule has 6 nitrogen and oxygen atoms in total. The summed E-state index contributed by atoms with van der Waals surface area (Å²) < 4.78 is 5.06. The molecule has 0 fully saturated rings. The minimum atomic E-state index is -0.403. The average molecular weight is 313 g/mol. The number of anilines is 2. The molecule has 1 heterocycles. The number of nitro benzene ring substituents is 1. The van der Waals surface area contributed by atoms with E-state index in [2.05, 4.69) is 22.3 Å². The van der Waals surface area contributed by atoms with E-state index < -0.39 is 4.92 Å². The van der Waals surface area contributed by atoms with Gasteiger partial charge in [0.25, 0.3) is 0 Å². The Bertz CT molecular complexity index is 718. The Morgan fingerprint density at radius 1 is 1.30 bits per heavy atom. The van der Waals surface area contributed by atoms with Gasteiger partial charge >= 0.3 is 5.69 Å². The van der Waals surface area contributed by atoms with Crippen LogP contribution in [0.25, 0.3) is 0 Å². The summed E-state index contributed by atoms with van der Waals surface area (Å²) in [4.78, 5) is 13.0. The second-order valence-corrected chi connectivity index (χ2v) is 5.48. The van der Waals surface area contributed by atoms with Crippen LogP contribution in [-0.4, -0.2) is 25.1 Å². The summed E-state index contributed by atoms with van der Waals surface area (Å²) in [5, 5.41) is 14.6. The van der Waals surface area contributed by atoms with E-state index in [1.54, 1.807) is 12.1 Å². The second kappa shape index (κ2) is 6.56. The van der Waals surface area contributed by atoms with Gasteiger partial charge in [-0.25, -0.2) is 0 Å². The Kier molecular flexibility index (Phi) is 4.32. The SMILES string of the molecule is COc1ccc(CN2CCCNc3ccccc32)cc1[N+](=O)[O-]. The number of nitrogens with zero attached hydrogens (tertiary/aromatic N) is 2. The number of hydrogen-bond donors (Lipinski definition) is 1. The molecule has 120 valence electrons. The average Bonchev–Trinajstić information content (AvgIpc) is 2.77. The van der Waals surface area contributed by atoms with Gasteiger partial charge in [0.2, 0.25) is 0 Å². The highest BCUT2D eigenvalue weighted by atomic mass is 16.6. The first kappa shape index (κ1) is 15.1. The highest BCUT2D eigenvalue weighted by Gasteiger charge is 2.18. The molecular formula is C17H19N3O3. The Balaban J connectivity index is 1.90. The van der Waals surface area contributed by atoms with E-state index in [-0.39, 0.29) is 11.4 Å². The lowest BCUT2D eigenvalue weighted by atomic mass is 10.1. The van der Waals surface area contributed by atoms with Crippen molar-refractivity contribution in [1.82, 2.24) is 0 Å². The summed E-state index contributed by atoms with van der Waals surface area (Å²) in [6.07, 6.45) is 1.02. The molecule has 0 spiro atoms. The molecule has 0 amide bonds. The van der Waals surface area contributed by atoms with Crippen molar-refractivity contribution in [2.45, 2.75) is 13.0 Å². The minimum Gasteiger partial charge on any atom is -0.490 e. The summed E-state index contributed by atoms with van der Waals surface area (Å²) in [7, 11) is 1.44. The van der Waals surface area contributed by atoms with Crippen molar-refractivity contribution in [3.63, 3.8) is 0 Å². The fraction of sp³-hybridized carbons (Fsp3) is 0.294. The van der Waals surface area contributed by atoms with Crippen LogP contribution in [-0.2, 0) is 6.54 Å². The summed E-state index contributed by atoms with van der Waals surface area (Å²) in [5.41, 5.74) is 3.14. The standard InChI is InChI=1S/C17H19N3O3/c1-23-17-8-7-13(11-16(17)20(21)22)12-19-10-4-9-18-14-5-2-3-6-15(14)19/h2-3,5-8,11,18H,4,9-10,12H2,1H3. The second-order valence-electron chi connectivity index (χ2n) is 5.48. The van der Waals surface area contributed by atoms with Gasteiger partial charge < -0.3 is 15.0 Å². The number of benzene rings is 2. The quantitative estimate of drug-likeness (QED) is 0.692. The van der Waals surface area contributed by atoms with Crippen molar-refractivity contribution in [2.24, 2.45) is 0 Å². The van der Waals surface area contributed by atoms with Crippen molar-refractivity contribution in [1.29, 1.82) is 0 Å². The van der Waals surface area contributed by atoms with Gasteiger partial charge in [-0.15, -0.1) is 0 Å². The molecule has 0 saturated heterocycles. The van der Waals surface area contributed by atoms with Crippen LogP contribution in [0, 0.1) is 10.1 Å². The van der Waals surface area contributed by atoms with Crippen LogP contribution >= 0.6 is 0 Å². The molecular weight excluding hydrogens is 294 g/mol. The lowest BCUT2D eigenvalue weighted by Gasteiger charge is -2.24. The lowest BCUT2D eigenvalue weighted by molar-refractivity contribution is -0.385. The lowest BCUT2D eigenvalue weighted by Crippen LogP contribution is -2.23. The molecule has 0 unspecified atom stereocenters. The highest BCUT2D eigenvalue weighted by molar-refractivity contribution is 5.70. The van der Waals surface area contributed by atoms with Gasteiger partial charge in [0.05, 0.1) is 23.4 Å². The number of fused-ring (bicyclic) bond motifs is 1. The number of methoxy groups -OCH3 is 1. The smallest absolute Gasteiger partial charge is 0.311 e. The van der Waals surface area contributed by atoms with Crippen LogP contribution in [0.1, 0.15) is 12.0 Å². The van der Waals surface area contributed by atoms with Gasteiger partial charge in [0.1, 0.15) is 0 Å². The summed E-state index contributed by atoms with van der Waals surface area (Å²) in [6.45, 7) is 2.46. The minimum absolute atomic E-state index is 0.00577. The fourth-order valence-electron chi connectivity index (χ4n) is 2.87. The number of nitro groups is 1. The Morgan fingerprint density at radius 3 is 2.91 bits per heavy atom. The van der Waals surface area contributed by atoms with Crippen molar-refractivity contribution in [3.8, 4) is 5.75 Å². The monoisotopic (exact) mass is 313 g/mol. The van der Waals surface area contributed by atoms with Gasteiger partial charge in [0, 0.05) is 25.7 Å². The molecule has 2 aromatic rings. The van der Waals surface area contributed by atoms with Crippen LogP contribution in [0.2, 0.25) is 0 Å². The van der Waals surface area contributed by atoms with Crippen LogP contribution in [0.5, 0.6) is 5.75 Å². The van der Waals surface area contributed by atoms with E-state index in [4.69, 9.17) is 4.74 Å². The van der Waals surface area contributed by atoms with Gasteiger partial charge in [0.15, 0.2) is 5.75 Å². The molecule has 0 aromatic heterocycles. The summed E-state index contributed by atoms with van der Waals surface area (Å²) in [6, 6.07) is 13.3. The molecule has 23 heavy (non-hydrogen) atoms. The normalized spacial score (nSPS) is 13.7. The molecule has 1 N–H and O–H groups in total. The number of rotatable bonds is 4. The maximum atomic E-state index is 11.2. The first-order valence-corrected chi connectivity index (χ1v) is 7.58. The first-order valence-electron chi connectivity index (χ1n) is 7.58. The van der Waals surface area contributed by atoms with Crippen molar-refractivity contribution >= 4 is 17.1 Å². The van der Waals surface area contributed by atoms with Crippen LogP contribution in [0.15, 0.2) is 42.5 Å². The van der Waals surface area contributed by atoms with E-state index in [0.29, 0.717) is 6.54 Å². The molecule has 1 aliphatic heterocycles. The first-order chi connectivity index (χ1) is 11.2. The summed E-state index contributed by atoms with van der Waals surface area (Å²) >= 11 is 0. The third-order valence-electron chi connectivity index (χ3n) is 3.98. The number of hydrogen-bond acceptors (Lipinski definition) is 5. The van der Waals surface area contributed by atoms with E-state index in [1.165, 1.54) is 7.11 Å². The van der Waals surface area contributed by atoms with E-state index >= 15 is 0 Å². The molecule has 0 aliphatic carbocycles. The predicted octanol–water partition coefficient (Wildman–Crippen LogP) is 3.43. The third kappa shape index (κ3) is 3.21. The van der Waals surface area contributed by atoms with E-state index in [0.717, 1.165) is 36.4 Å². The predicted molar refractivity (Wildman–Crippen MR) is 90.2 cm³/mol. The number of nitrogens with one attached hydrogen (secondary N) is 1. The molecule has 0 bridgehead atoms. The Hall–Kier alpha value is -2.76. The van der Waals surface area contributed by atoms with Gasteiger partial charge in [-0.05, 0) is 30.2 Å². The van der Waals surface area contributed by atoms with Crippen LogP contribution in [0.4, 0.5) is 17.1 Å². The molecule has 0 radical (unpaired) electrons. The van der Waals surface area contributed by atoms with Gasteiger partial charge in [-0.2, -0.15) is 0 Å². The molecule has 6 heteroatoms. The van der Waals surface area contributed by atoms with Gasteiger partial charge in [-0.3, -0.25) is 10.1 Å². The third-order valence-corrected chi connectivity index (χ3v) is 3.98. The van der Waals surface area contributed by atoms with Crippen molar-refractivity contribution in [2.75, 3.05) is 30.4 Å². The Morgan fingerprint density at radius 2 is 2.13 bits per heavy atom. The largest absolute Gasteiger partial charge is 0.490 e. The van der Waals surface area contributed by atoms with Crippen molar-refractivity contribution in [3.05, 3.63) is 58.1 Å². The Labute approximate surface area is 134 Å². The molecule has 0 saturated carbocycles. The highest BCUT2D eigenvalue weighted by Crippen LogP contribution is 2.32. The van der Waals surface area contributed by atoms with Crippen LogP contribution < -0.4 is 15.0 Å². The summed E-state index contributed by atoms with van der Waals surface area (Å²) in [5.74, 6) is 0.289. The number of ether oxygens (including phenoxy) is 1. The zero-order valence-corrected chi connectivity index (χ0v) is 13.0. The number of para-hydroxylation sites is 2. The van der Waals surface area contributed by atoms with E-state index in [9.17, 15) is 10.1 Å². The molecule has 3 rings (SSSR count). The zero-order chi connectivity index (χ0) is 16.2. The molecule has 1 aliphatic rings.